The molecule has 0 bridgehead atoms. The molecular weight excluding hydrogens is 311 g/mol. The zero-order chi connectivity index (χ0) is 16.9. The smallest absolute Gasteiger partial charge is 0.254 e. The number of nitrogens with one attached hydrogen (secondary N) is 1. The van der Waals surface area contributed by atoms with Crippen LogP contribution in [0.1, 0.15) is 29.1 Å². The van der Waals surface area contributed by atoms with Crippen molar-refractivity contribution in [2.24, 2.45) is 0 Å². The Morgan fingerprint density at radius 2 is 2.08 bits per heavy atom. The molecule has 1 N–H and O–H groups in total. The standard InChI is InChI=1S/C17H15FN4O2/c1-11(9-20-16(23)13-7-8-19-10-14(13)18)17-21-15(22-24-17)12-5-3-2-4-6-12/h2-8,10-11H,9H2,1H3,(H,20,23)/t11-/m1/s1. The van der Waals surface area contributed by atoms with Gasteiger partial charge < -0.3 is 9.84 Å². The minimum Gasteiger partial charge on any atom is -0.351 e. The van der Waals surface area contributed by atoms with Crippen LogP contribution in [0, 0.1) is 5.82 Å². The fourth-order valence-electron chi connectivity index (χ4n) is 2.13. The highest BCUT2D eigenvalue weighted by Crippen LogP contribution is 2.19. The number of nitrogens with zero attached hydrogens (tertiary/aromatic N) is 3. The summed E-state index contributed by atoms with van der Waals surface area (Å²) in [5, 5.41) is 6.59. The second-order valence-corrected chi connectivity index (χ2v) is 5.29. The number of pyridine rings is 1. The van der Waals surface area contributed by atoms with E-state index in [0.717, 1.165) is 11.8 Å². The second kappa shape index (κ2) is 6.99. The molecule has 1 atom stereocenters. The van der Waals surface area contributed by atoms with Crippen LogP contribution in [0.3, 0.4) is 0 Å². The van der Waals surface area contributed by atoms with E-state index in [1.165, 1.54) is 12.3 Å². The molecule has 0 aliphatic rings. The SMILES string of the molecule is C[C@H](CNC(=O)c1ccncc1F)c1nc(-c2ccccc2)no1. The molecule has 6 nitrogen and oxygen atoms in total. The maximum atomic E-state index is 13.5. The summed E-state index contributed by atoms with van der Waals surface area (Å²) in [6, 6.07) is 10.8. The average Bonchev–Trinajstić information content (AvgIpc) is 3.11. The number of amides is 1. The van der Waals surface area contributed by atoms with Crippen molar-refractivity contribution in [3.05, 3.63) is 66.1 Å². The third-order valence-electron chi connectivity index (χ3n) is 3.48. The Bertz CT molecular complexity index is 835. The van der Waals surface area contributed by atoms with Gasteiger partial charge in [0.1, 0.15) is 0 Å². The maximum absolute atomic E-state index is 13.5. The van der Waals surface area contributed by atoms with Gasteiger partial charge in [0.25, 0.3) is 5.91 Å². The van der Waals surface area contributed by atoms with Crippen molar-refractivity contribution in [3.63, 3.8) is 0 Å². The lowest BCUT2D eigenvalue weighted by atomic mass is 10.1. The summed E-state index contributed by atoms with van der Waals surface area (Å²) in [7, 11) is 0. The lowest BCUT2D eigenvalue weighted by molar-refractivity contribution is 0.0946. The first-order valence-electron chi connectivity index (χ1n) is 7.42. The molecule has 0 spiro atoms. The minimum absolute atomic E-state index is 0.0484. The van der Waals surface area contributed by atoms with Crippen molar-refractivity contribution in [2.75, 3.05) is 6.54 Å². The van der Waals surface area contributed by atoms with E-state index >= 15 is 0 Å². The first-order chi connectivity index (χ1) is 11.6. The second-order valence-electron chi connectivity index (χ2n) is 5.29. The number of halogens is 1. The lowest BCUT2D eigenvalue weighted by Crippen LogP contribution is -2.28. The summed E-state index contributed by atoms with van der Waals surface area (Å²) in [6.07, 6.45) is 2.37. The van der Waals surface area contributed by atoms with Gasteiger partial charge in [0.2, 0.25) is 11.7 Å². The summed E-state index contributed by atoms with van der Waals surface area (Å²) >= 11 is 0. The Balaban J connectivity index is 1.64. The predicted octanol–water partition coefficient (Wildman–Crippen LogP) is 2.80. The number of carbonyl (C=O) groups excluding carboxylic acids is 1. The molecular formula is C17H15FN4O2. The van der Waals surface area contributed by atoms with Crippen molar-refractivity contribution >= 4 is 5.91 Å². The van der Waals surface area contributed by atoms with Gasteiger partial charge in [0, 0.05) is 18.3 Å². The molecule has 0 aliphatic heterocycles. The monoisotopic (exact) mass is 326 g/mol. The molecule has 1 aromatic carbocycles. The van der Waals surface area contributed by atoms with Crippen LogP contribution in [0.4, 0.5) is 4.39 Å². The molecule has 0 unspecified atom stereocenters. The van der Waals surface area contributed by atoms with Crippen LogP contribution >= 0.6 is 0 Å². The minimum atomic E-state index is -0.660. The highest BCUT2D eigenvalue weighted by Gasteiger charge is 2.17. The van der Waals surface area contributed by atoms with Gasteiger partial charge in [-0.1, -0.05) is 42.4 Å². The van der Waals surface area contributed by atoms with Gasteiger partial charge in [-0.15, -0.1) is 0 Å². The Morgan fingerprint density at radius 1 is 1.29 bits per heavy atom. The van der Waals surface area contributed by atoms with E-state index in [4.69, 9.17) is 4.52 Å². The maximum Gasteiger partial charge on any atom is 0.254 e. The molecule has 2 heterocycles. The van der Waals surface area contributed by atoms with Crippen LogP contribution in [-0.4, -0.2) is 27.6 Å². The Kier molecular flexibility index (Phi) is 4.60. The number of benzene rings is 1. The van der Waals surface area contributed by atoms with Crippen molar-refractivity contribution in [1.29, 1.82) is 0 Å². The van der Waals surface area contributed by atoms with Crippen LogP contribution in [0.5, 0.6) is 0 Å². The van der Waals surface area contributed by atoms with E-state index in [9.17, 15) is 9.18 Å². The van der Waals surface area contributed by atoms with Gasteiger partial charge in [-0.25, -0.2) is 4.39 Å². The summed E-state index contributed by atoms with van der Waals surface area (Å²) < 4.78 is 18.8. The number of hydrogen-bond donors (Lipinski definition) is 1. The molecule has 24 heavy (non-hydrogen) atoms. The molecule has 0 radical (unpaired) electrons. The van der Waals surface area contributed by atoms with Crippen molar-refractivity contribution < 1.29 is 13.7 Å². The molecule has 3 aromatic rings. The van der Waals surface area contributed by atoms with Crippen molar-refractivity contribution in [1.82, 2.24) is 20.4 Å². The Labute approximate surface area is 137 Å². The van der Waals surface area contributed by atoms with E-state index < -0.39 is 11.7 Å². The fraction of sp³-hybridized carbons (Fsp3) is 0.176. The van der Waals surface area contributed by atoms with Gasteiger partial charge in [-0.3, -0.25) is 9.78 Å². The van der Waals surface area contributed by atoms with Crippen LogP contribution in [0.25, 0.3) is 11.4 Å². The summed E-state index contributed by atoms with van der Waals surface area (Å²) in [5.41, 5.74) is 0.801. The van der Waals surface area contributed by atoms with Gasteiger partial charge >= 0.3 is 0 Å². The molecule has 0 saturated heterocycles. The van der Waals surface area contributed by atoms with Crippen LogP contribution in [-0.2, 0) is 0 Å². The van der Waals surface area contributed by atoms with Gasteiger partial charge in [0.15, 0.2) is 5.82 Å². The van der Waals surface area contributed by atoms with Crippen LogP contribution in [0.2, 0.25) is 0 Å². The van der Waals surface area contributed by atoms with Gasteiger partial charge in [0.05, 0.1) is 17.7 Å². The predicted molar refractivity (Wildman–Crippen MR) is 84.7 cm³/mol. The molecule has 7 heteroatoms. The summed E-state index contributed by atoms with van der Waals surface area (Å²) in [6.45, 7) is 2.09. The molecule has 0 saturated carbocycles. The number of rotatable bonds is 5. The lowest BCUT2D eigenvalue weighted by Gasteiger charge is -2.09. The third kappa shape index (κ3) is 3.45. The largest absolute Gasteiger partial charge is 0.351 e. The third-order valence-corrected chi connectivity index (χ3v) is 3.48. The fourth-order valence-corrected chi connectivity index (χ4v) is 2.13. The Hall–Kier alpha value is -3.09. The number of aromatic nitrogens is 3. The summed E-state index contributed by atoms with van der Waals surface area (Å²) in [5.74, 6) is -0.478. The molecule has 0 fully saturated rings. The van der Waals surface area contributed by atoms with Crippen molar-refractivity contribution in [2.45, 2.75) is 12.8 Å². The molecule has 0 aliphatic carbocycles. The highest BCUT2D eigenvalue weighted by molar-refractivity contribution is 5.94. The molecule has 3 rings (SSSR count). The van der Waals surface area contributed by atoms with E-state index in [1.54, 1.807) is 0 Å². The number of hydrogen-bond acceptors (Lipinski definition) is 5. The Morgan fingerprint density at radius 3 is 2.83 bits per heavy atom. The van der Waals surface area contributed by atoms with Gasteiger partial charge in [-0.05, 0) is 6.07 Å². The van der Waals surface area contributed by atoms with Crippen molar-refractivity contribution in [3.8, 4) is 11.4 Å². The first-order valence-corrected chi connectivity index (χ1v) is 7.42. The quantitative estimate of drug-likeness (QED) is 0.780. The molecule has 122 valence electrons. The van der Waals surface area contributed by atoms with E-state index in [1.807, 2.05) is 37.3 Å². The molecule has 1 amide bonds. The van der Waals surface area contributed by atoms with Crippen LogP contribution in [0.15, 0.2) is 53.3 Å². The van der Waals surface area contributed by atoms with E-state index in [-0.39, 0.29) is 18.0 Å². The van der Waals surface area contributed by atoms with Crippen LogP contribution < -0.4 is 5.32 Å². The molecule has 2 aromatic heterocycles. The summed E-state index contributed by atoms with van der Waals surface area (Å²) in [4.78, 5) is 19.9. The first kappa shape index (κ1) is 15.8. The van der Waals surface area contributed by atoms with E-state index in [0.29, 0.717) is 11.7 Å². The topological polar surface area (TPSA) is 80.9 Å². The van der Waals surface area contributed by atoms with Gasteiger partial charge in [-0.2, -0.15) is 4.98 Å². The zero-order valence-corrected chi connectivity index (χ0v) is 12.9. The zero-order valence-electron chi connectivity index (χ0n) is 12.9. The average molecular weight is 326 g/mol. The number of carbonyl (C=O) groups is 1. The highest BCUT2D eigenvalue weighted by atomic mass is 19.1. The normalized spacial score (nSPS) is 11.9. The van der Waals surface area contributed by atoms with E-state index in [2.05, 4.69) is 20.4 Å².